The number of rotatable bonds is 8. The number of hydrogen-bond donors (Lipinski definition) is 0. The summed E-state index contributed by atoms with van der Waals surface area (Å²) in [5, 5.41) is 0. The van der Waals surface area contributed by atoms with Crippen LogP contribution in [0.4, 0.5) is 0 Å². The summed E-state index contributed by atoms with van der Waals surface area (Å²) in [4.78, 5) is 0. The van der Waals surface area contributed by atoms with E-state index in [2.05, 4.69) is 74.2 Å². The Balaban J connectivity index is 2.25. The van der Waals surface area contributed by atoms with E-state index in [-0.39, 0.29) is 0 Å². The van der Waals surface area contributed by atoms with Crippen molar-refractivity contribution in [3.8, 4) is 0 Å². The molecular formula is C19H24OSi. The summed E-state index contributed by atoms with van der Waals surface area (Å²) < 4.78 is 6.35. The normalized spacial score (nSPS) is 11.3. The predicted molar refractivity (Wildman–Crippen MR) is 92.7 cm³/mol. The summed E-state index contributed by atoms with van der Waals surface area (Å²) in [7, 11) is -1.90. The highest BCUT2D eigenvalue weighted by atomic mass is 28.4. The Kier molecular flexibility index (Phi) is 5.97. The summed E-state index contributed by atoms with van der Waals surface area (Å²) in [5.41, 5.74) is 2.74. The molecule has 2 rings (SSSR count). The van der Waals surface area contributed by atoms with Gasteiger partial charge in [0.15, 0.2) is 0 Å². The molecule has 0 saturated heterocycles. The first-order valence-corrected chi connectivity index (χ1v) is 10.1. The number of allylic oxidation sites excluding steroid dienone is 1. The third-order valence-corrected chi connectivity index (χ3v) is 7.74. The molecule has 0 aliphatic rings. The van der Waals surface area contributed by atoms with Crippen LogP contribution in [0.1, 0.15) is 18.1 Å². The topological polar surface area (TPSA) is 9.23 Å². The molecule has 21 heavy (non-hydrogen) atoms. The van der Waals surface area contributed by atoms with Gasteiger partial charge in [0.2, 0.25) is 8.32 Å². The SMILES string of the molecule is C=CC[Si](Cc1ccccc1)(Cc1ccccc1)OCC. The Labute approximate surface area is 129 Å². The van der Waals surface area contributed by atoms with E-state index in [1.54, 1.807) is 0 Å². The molecule has 1 nitrogen and oxygen atoms in total. The first-order chi connectivity index (χ1) is 10.3. The van der Waals surface area contributed by atoms with E-state index in [1.165, 1.54) is 11.1 Å². The van der Waals surface area contributed by atoms with Crippen LogP contribution in [-0.2, 0) is 16.5 Å². The van der Waals surface area contributed by atoms with E-state index in [9.17, 15) is 0 Å². The lowest BCUT2D eigenvalue weighted by molar-refractivity contribution is 0.319. The van der Waals surface area contributed by atoms with Gasteiger partial charge in [0.05, 0.1) is 0 Å². The minimum Gasteiger partial charge on any atom is -0.416 e. The van der Waals surface area contributed by atoms with E-state index in [0.29, 0.717) is 0 Å². The zero-order chi connectivity index (χ0) is 15.0. The highest BCUT2D eigenvalue weighted by molar-refractivity contribution is 6.73. The van der Waals surface area contributed by atoms with Gasteiger partial charge in [-0.2, -0.15) is 0 Å². The van der Waals surface area contributed by atoms with Crippen molar-refractivity contribution in [3.05, 3.63) is 84.4 Å². The van der Waals surface area contributed by atoms with Crippen LogP contribution in [0.3, 0.4) is 0 Å². The average Bonchev–Trinajstić information content (AvgIpc) is 2.50. The molecule has 0 aliphatic heterocycles. The second kappa shape index (κ2) is 7.96. The van der Waals surface area contributed by atoms with Gasteiger partial charge in [0.1, 0.15) is 0 Å². The highest BCUT2D eigenvalue weighted by Crippen LogP contribution is 2.23. The molecule has 0 heterocycles. The first kappa shape index (κ1) is 15.7. The van der Waals surface area contributed by atoms with Crippen LogP contribution < -0.4 is 0 Å². The van der Waals surface area contributed by atoms with Gasteiger partial charge >= 0.3 is 0 Å². The summed E-state index contributed by atoms with van der Waals surface area (Å²) >= 11 is 0. The van der Waals surface area contributed by atoms with E-state index in [0.717, 1.165) is 24.7 Å². The van der Waals surface area contributed by atoms with Crippen LogP contribution >= 0.6 is 0 Å². The van der Waals surface area contributed by atoms with Gasteiger partial charge in [-0.3, -0.25) is 0 Å². The Morgan fingerprint density at radius 1 is 0.905 bits per heavy atom. The van der Waals surface area contributed by atoms with E-state index >= 15 is 0 Å². The fraction of sp³-hybridized carbons (Fsp3) is 0.263. The monoisotopic (exact) mass is 296 g/mol. The maximum absolute atomic E-state index is 6.35. The molecule has 0 aromatic heterocycles. The predicted octanol–water partition coefficient (Wildman–Crippen LogP) is 4.72. The van der Waals surface area contributed by atoms with Gasteiger partial charge in [-0.15, -0.1) is 6.58 Å². The van der Waals surface area contributed by atoms with Gasteiger partial charge in [-0.25, -0.2) is 0 Å². The highest BCUT2D eigenvalue weighted by Gasteiger charge is 2.33. The third kappa shape index (κ3) is 4.69. The molecule has 2 aromatic carbocycles. The Bertz CT molecular complexity index is 495. The van der Waals surface area contributed by atoms with Crippen LogP contribution in [0, 0.1) is 0 Å². The second-order valence-corrected chi connectivity index (χ2v) is 9.20. The summed E-state index contributed by atoms with van der Waals surface area (Å²) in [6, 6.07) is 24.5. The fourth-order valence-electron chi connectivity index (χ4n) is 2.87. The second-order valence-electron chi connectivity index (χ2n) is 5.43. The average molecular weight is 296 g/mol. The Hall–Kier alpha value is -1.64. The van der Waals surface area contributed by atoms with Crippen LogP contribution in [0.5, 0.6) is 0 Å². The van der Waals surface area contributed by atoms with Gasteiger partial charge in [-0.05, 0) is 36.2 Å². The van der Waals surface area contributed by atoms with Crippen LogP contribution in [-0.4, -0.2) is 14.9 Å². The lowest BCUT2D eigenvalue weighted by Crippen LogP contribution is -2.44. The van der Waals surface area contributed by atoms with E-state index in [4.69, 9.17) is 4.43 Å². The van der Waals surface area contributed by atoms with Gasteiger partial charge in [-0.1, -0.05) is 66.7 Å². The molecule has 0 radical (unpaired) electrons. The maximum Gasteiger partial charge on any atom is 0.204 e. The molecule has 0 saturated carbocycles. The fourth-order valence-corrected chi connectivity index (χ4v) is 6.71. The molecular weight excluding hydrogens is 272 g/mol. The summed E-state index contributed by atoms with van der Waals surface area (Å²) in [6.45, 7) is 6.84. The van der Waals surface area contributed by atoms with Crippen molar-refractivity contribution in [3.63, 3.8) is 0 Å². The van der Waals surface area contributed by atoms with E-state index in [1.807, 2.05) is 6.08 Å². The quantitative estimate of drug-likeness (QED) is 0.506. The zero-order valence-electron chi connectivity index (χ0n) is 12.8. The van der Waals surface area contributed by atoms with Crippen molar-refractivity contribution < 1.29 is 4.43 Å². The maximum atomic E-state index is 6.35. The molecule has 0 unspecified atom stereocenters. The smallest absolute Gasteiger partial charge is 0.204 e. The molecule has 2 aromatic rings. The molecule has 0 amide bonds. The van der Waals surface area contributed by atoms with E-state index < -0.39 is 8.32 Å². The molecule has 110 valence electrons. The molecule has 0 fully saturated rings. The molecule has 0 bridgehead atoms. The third-order valence-electron chi connectivity index (χ3n) is 3.71. The molecule has 0 aliphatic carbocycles. The first-order valence-electron chi connectivity index (χ1n) is 7.61. The zero-order valence-corrected chi connectivity index (χ0v) is 13.8. The minimum atomic E-state index is -1.90. The van der Waals surface area contributed by atoms with Gasteiger partial charge in [0.25, 0.3) is 0 Å². The van der Waals surface area contributed by atoms with Crippen molar-refractivity contribution in [2.45, 2.75) is 25.1 Å². The van der Waals surface area contributed by atoms with Crippen molar-refractivity contribution >= 4 is 8.32 Å². The molecule has 0 N–H and O–H groups in total. The molecule has 2 heteroatoms. The largest absolute Gasteiger partial charge is 0.416 e. The lowest BCUT2D eigenvalue weighted by Gasteiger charge is -2.30. The standard InChI is InChI=1S/C19H24OSi/c1-3-15-21(20-4-2,16-18-11-7-5-8-12-18)17-19-13-9-6-10-14-19/h3,5-14H,1,4,15-17H2,2H3. The summed E-state index contributed by atoms with van der Waals surface area (Å²) in [6.07, 6.45) is 2.04. The molecule has 0 atom stereocenters. The Morgan fingerprint density at radius 3 is 1.76 bits per heavy atom. The van der Waals surface area contributed by atoms with Crippen molar-refractivity contribution in [1.29, 1.82) is 0 Å². The van der Waals surface area contributed by atoms with Crippen LogP contribution in [0.2, 0.25) is 6.04 Å². The minimum absolute atomic E-state index is 0.778. The van der Waals surface area contributed by atoms with Crippen molar-refractivity contribution in [1.82, 2.24) is 0 Å². The number of benzene rings is 2. The molecule has 0 spiro atoms. The van der Waals surface area contributed by atoms with Crippen LogP contribution in [0.15, 0.2) is 73.3 Å². The van der Waals surface area contributed by atoms with Crippen molar-refractivity contribution in [2.75, 3.05) is 6.61 Å². The summed E-state index contributed by atoms with van der Waals surface area (Å²) in [5.74, 6) is 0. The van der Waals surface area contributed by atoms with Gasteiger partial charge in [0, 0.05) is 6.61 Å². The van der Waals surface area contributed by atoms with Crippen LogP contribution in [0.25, 0.3) is 0 Å². The number of hydrogen-bond acceptors (Lipinski definition) is 1. The van der Waals surface area contributed by atoms with Gasteiger partial charge < -0.3 is 4.43 Å². The Morgan fingerprint density at radius 2 is 1.38 bits per heavy atom. The van der Waals surface area contributed by atoms with Crippen molar-refractivity contribution in [2.24, 2.45) is 0 Å². The lowest BCUT2D eigenvalue weighted by atomic mass is 10.2.